The molecule has 1 unspecified atom stereocenters. The Morgan fingerprint density at radius 2 is 2.00 bits per heavy atom. The number of sulfonamides is 1. The van der Waals surface area contributed by atoms with Gasteiger partial charge in [-0.2, -0.15) is 4.31 Å². The number of hydrogen-bond donors (Lipinski definition) is 1. The van der Waals surface area contributed by atoms with Gasteiger partial charge in [-0.1, -0.05) is 19.1 Å². The third-order valence-corrected chi connectivity index (χ3v) is 6.30. The second kappa shape index (κ2) is 4.82. The van der Waals surface area contributed by atoms with Crippen molar-refractivity contribution < 1.29 is 8.42 Å². The number of nitrogens with two attached hydrogens (primary N) is 1. The van der Waals surface area contributed by atoms with Crippen LogP contribution >= 0.6 is 12.2 Å². The van der Waals surface area contributed by atoms with Gasteiger partial charge in [0.05, 0.1) is 4.99 Å². The summed E-state index contributed by atoms with van der Waals surface area (Å²) in [5.74, 6) is 0.564. The summed E-state index contributed by atoms with van der Waals surface area (Å²) in [4.78, 5) is 0.106. The summed E-state index contributed by atoms with van der Waals surface area (Å²) in [7, 11) is -3.34. The van der Waals surface area contributed by atoms with Gasteiger partial charge in [-0.3, -0.25) is 0 Å². The van der Waals surface area contributed by atoms with Crippen LogP contribution in [0.25, 0.3) is 0 Å². The quantitative estimate of drug-likeness (QED) is 0.711. The lowest BCUT2D eigenvalue weighted by Gasteiger charge is -2.26. The number of nitrogens with zero attached hydrogens (tertiary/aromatic N) is 1. The van der Waals surface area contributed by atoms with Gasteiger partial charge >= 0.3 is 0 Å². The lowest BCUT2D eigenvalue weighted by atomic mass is 10.3. The Bertz CT molecular complexity index is 400. The molecule has 0 aliphatic heterocycles. The molecule has 2 aliphatic rings. The molecule has 0 radical (unpaired) electrons. The van der Waals surface area contributed by atoms with Gasteiger partial charge in [0.1, 0.15) is 5.25 Å². The van der Waals surface area contributed by atoms with Gasteiger partial charge in [0.15, 0.2) is 0 Å². The molecule has 4 nitrogen and oxygen atoms in total. The highest BCUT2D eigenvalue weighted by Gasteiger charge is 2.43. The normalized spacial score (nSPS) is 22.7. The van der Waals surface area contributed by atoms with Crippen LogP contribution in [0.3, 0.4) is 0 Å². The Morgan fingerprint density at radius 1 is 1.41 bits per heavy atom. The Labute approximate surface area is 109 Å². The zero-order valence-corrected chi connectivity index (χ0v) is 11.8. The van der Waals surface area contributed by atoms with Crippen LogP contribution in [0, 0.1) is 5.92 Å². The minimum Gasteiger partial charge on any atom is -0.392 e. The monoisotopic (exact) mass is 276 g/mol. The summed E-state index contributed by atoms with van der Waals surface area (Å²) in [5.41, 5.74) is 5.56. The van der Waals surface area contributed by atoms with Crippen LogP contribution in [-0.4, -0.2) is 35.5 Å². The maximum Gasteiger partial charge on any atom is 0.223 e. The van der Waals surface area contributed by atoms with Crippen LogP contribution in [0.5, 0.6) is 0 Å². The first kappa shape index (κ1) is 13.2. The lowest BCUT2D eigenvalue weighted by Crippen LogP contribution is -2.46. The van der Waals surface area contributed by atoms with E-state index >= 15 is 0 Å². The lowest BCUT2D eigenvalue weighted by molar-refractivity contribution is 0.386. The Kier molecular flexibility index (Phi) is 3.75. The second-order valence-corrected chi connectivity index (χ2v) is 7.63. The van der Waals surface area contributed by atoms with E-state index in [0.29, 0.717) is 18.9 Å². The molecule has 98 valence electrons. The molecule has 0 heterocycles. The minimum atomic E-state index is -3.34. The topological polar surface area (TPSA) is 63.4 Å². The highest BCUT2D eigenvalue weighted by atomic mass is 32.2. The van der Waals surface area contributed by atoms with Crippen LogP contribution in [0.15, 0.2) is 0 Å². The molecule has 2 rings (SSSR count). The average molecular weight is 276 g/mol. The zero-order chi connectivity index (χ0) is 12.6. The molecule has 2 aliphatic carbocycles. The Balaban J connectivity index is 2.16. The third-order valence-electron chi connectivity index (χ3n) is 3.46. The van der Waals surface area contributed by atoms with Crippen molar-refractivity contribution in [3.05, 3.63) is 0 Å². The molecule has 6 heteroatoms. The van der Waals surface area contributed by atoms with E-state index in [1.165, 1.54) is 0 Å². The first-order valence-electron chi connectivity index (χ1n) is 6.26. The first-order valence-corrected chi connectivity index (χ1v) is 8.18. The molecule has 0 aromatic rings. The van der Waals surface area contributed by atoms with Crippen molar-refractivity contribution >= 4 is 27.2 Å². The summed E-state index contributed by atoms with van der Waals surface area (Å²) < 4.78 is 26.7. The maximum absolute atomic E-state index is 12.5. The molecular weight excluding hydrogens is 256 g/mol. The molecule has 0 bridgehead atoms. The molecular formula is C11H20N2O2S2. The van der Waals surface area contributed by atoms with E-state index in [-0.39, 0.29) is 11.0 Å². The van der Waals surface area contributed by atoms with Gasteiger partial charge in [0.25, 0.3) is 0 Å². The van der Waals surface area contributed by atoms with E-state index in [4.69, 9.17) is 18.0 Å². The molecule has 1 atom stereocenters. The Hall–Kier alpha value is -0.200. The molecule has 2 saturated carbocycles. The summed E-state index contributed by atoms with van der Waals surface area (Å²) in [6.45, 7) is 2.50. The molecule has 0 amide bonds. The molecule has 2 fully saturated rings. The standard InChI is InChI=1S/C11H20N2O2S2/c1-2-10(11(12)16)17(14,15)13(9-5-6-9)7-8-3-4-8/h8-10H,2-7H2,1H3,(H2,12,16). The second-order valence-electron chi connectivity index (χ2n) is 5.09. The fourth-order valence-corrected chi connectivity index (χ4v) is 4.72. The van der Waals surface area contributed by atoms with Gasteiger partial charge in [0.2, 0.25) is 10.0 Å². The largest absolute Gasteiger partial charge is 0.392 e. The molecule has 0 aromatic heterocycles. The van der Waals surface area contributed by atoms with Crippen molar-refractivity contribution in [2.45, 2.75) is 50.3 Å². The van der Waals surface area contributed by atoms with Crippen LogP contribution < -0.4 is 5.73 Å². The molecule has 2 N–H and O–H groups in total. The highest BCUT2D eigenvalue weighted by Crippen LogP contribution is 2.37. The summed E-state index contributed by atoms with van der Waals surface area (Å²) >= 11 is 4.89. The SMILES string of the molecule is CCC(C(N)=S)S(=O)(=O)N(CC1CC1)C1CC1. The van der Waals surface area contributed by atoms with Crippen molar-refractivity contribution in [1.82, 2.24) is 4.31 Å². The molecule has 0 saturated heterocycles. The molecule has 0 aromatic carbocycles. The number of thiocarbonyl (C=S) groups is 1. The van der Waals surface area contributed by atoms with Crippen molar-refractivity contribution in [2.24, 2.45) is 11.7 Å². The van der Waals surface area contributed by atoms with E-state index in [9.17, 15) is 8.42 Å². The first-order chi connectivity index (χ1) is 7.96. The van der Waals surface area contributed by atoms with Gasteiger partial charge in [-0.25, -0.2) is 8.42 Å². The van der Waals surface area contributed by atoms with Crippen molar-refractivity contribution in [2.75, 3.05) is 6.54 Å². The van der Waals surface area contributed by atoms with E-state index in [1.54, 1.807) is 4.31 Å². The fraction of sp³-hybridized carbons (Fsp3) is 0.909. The zero-order valence-electron chi connectivity index (χ0n) is 10.1. The van der Waals surface area contributed by atoms with Gasteiger partial charge < -0.3 is 5.73 Å². The van der Waals surface area contributed by atoms with Crippen molar-refractivity contribution in [3.63, 3.8) is 0 Å². The third kappa shape index (κ3) is 2.98. The van der Waals surface area contributed by atoms with Crippen LogP contribution in [-0.2, 0) is 10.0 Å². The van der Waals surface area contributed by atoms with Crippen LogP contribution in [0.2, 0.25) is 0 Å². The van der Waals surface area contributed by atoms with Gasteiger partial charge in [-0.05, 0) is 38.0 Å². The predicted molar refractivity (Wildman–Crippen MR) is 72.2 cm³/mol. The average Bonchev–Trinajstić information content (AvgIpc) is 3.09. The summed E-state index contributed by atoms with van der Waals surface area (Å²) in [6.07, 6.45) is 4.75. The molecule has 0 spiro atoms. The summed E-state index contributed by atoms with van der Waals surface area (Å²) in [6, 6.07) is 0.212. The Morgan fingerprint density at radius 3 is 2.35 bits per heavy atom. The van der Waals surface area contributed by atoms with Gasteiger partial charge in [-0.15, -0.1) is 0 Å². The maximum atomic E-state index is 12.5. The summed E-state index contributed by atoms with van der Waals surface area (Å²) in [5, 5.41) is -0.683. The smallest absolute Gasteiger partial charge is 0.223 e. The van der Waals surface area contributed by atoms with Crippen LogP contribution in [0.1, 0.15) is 39.0 Å². The van der Waals surface area contributed by atoms with Crippen LogP contribution in [0.4, 0.5) is 0 Å². The number of hydrogen-bond acceptors (Lipinski definition) is 3. The minimum absolute atomic E-state index is 0.106. The van der Waals surface area contributed by atoms with E-state index in [2.05, 4.69) is 0 Å². The number of rotatable bonds is 7. The van der Waals surface area contributed by atoms with E-state index in [1.807, 2.05) is 6.92 Å². The van der Waals surface area contributed by atoms with E-state index < -0.39 is 15.3 Å². The fourth-order valence-electron chi connectivity index (χ4n) is 2.10. The highest BCUT2D eigenvalue weighted by molar-refractivity contribution is 7.92. The predicted octanol–water partition coefficient (Wildman–Crippen LogP) is 1.26. The van der Waals surface area contributed by atoms with Crippen molar-refractivity contribution in [1.29, 1.82) is 0 Å². The van der Waals surface area contributed by atoms with E-state index in [0.717, 1.165) is 25.7 Å². The molecule has 17 heavy (non-hydrogen) atoms. The van der Waals surface area contributed by atoms with Gasteiger partial charge in [0, 0.05) is 12.6 Å². The van der Waals surface area contributed by atoms with Crippen molar-refractivity contribution in [3.8, 4) is 0 Å².